The summed E-state index contributed by atoms with van der Waals surface area (Å²) in [6, 6.07) is 0.610. The number of hydrogen-bond acceptors (Lipinski definition) is 5. The molecular formula is C19H31N5O2. The van der Waals surface area contributed by atoms with Crippen LogP contribution < -0.4 is 0 Å². The van der Waals surface area contributed by atoms with E-state index in [2.05, 4.69) is 25.0 Å². The Kier molecular flexibility index (Phi) is 5.55. The van der Waals surface area contributed by atoms with Crippen LogP contribution in [0.4, 0.5) is 0 Å². The average molecular weight is 361 g/mol. The van der Waals surface area contributed by atoms with Gasteiger partial charge in [-0.15, -0.1) is 0 Å². The Morgan fingerprint density at radius 3 is 2.58 bits per heavy atom. The molecule has 0 saturated carbocycles. The SMILES string of the molecule is Cc1nc(C2CCN(C(=O)[C@@H]3CCCN(C4CCOCC4)C3)CC2)n[nH]1. The summed E-state index contributed by atoms with van der Waals surface area (Å²) in [5, 5.41) is 7.24. The van der Waals surface area contributed by atoms with Gasteiger partial charge in [-0.25, -0.2) is 4.98 Å². The Morgan fingerprint density at radius 2 is 1.88 bits per heavy atom. The normalized spacial score (nSPS) is 27.0. The van der Waals surface area contributed by atoms with E-state index >= 15 is 0 Å². The number of aromatic amines is 1. The van der Waals surface area contributed by atoms with Crippen LogP contribution in [0.1, 0.15) is 56.1 Å². The Bertz CT molecular complexity index is 605. The maximum atomic E-state index is 13.1. The molecular weight excluding hydrogens is 330 g/mol. The topological polar surface area (TPSA) is 74.3 Å². The number of ether oxygens (including phenoxy) is 1. The zero-order chi connectivity index (χ0) is 17.9. The highest BCUT2D eigenvalue weighted by molar-refractivity contribution is 5.79. The van der Waals surface area contributed by atoms with Gasteiger partial charge >= 0.3 is 0 Å². The van der Waals surface area contributed by atoms with Gasteiger partial charge in [-0.2, -0.15) is 5.10 Å². The number of rotatable bonds is 3. The van der Waals surface area contributed by atoms with Gasteiger partial charge in [0.05, 0.1) is 5.92 Å². The van der Waals surface area contributed by atoms with Crippen molar-refractivity contribution < 1.29 is 9.53 Å². The third-order valence-electron chi connectivity index (χ3n) is 6.30. The fourth-order valence-corrected chi connectivity index (χ4v) is 4.75. The van der Waals surface area contributed by atoms with Crippen LogP contribution in [0, 0.1) is 12.8 Å². The van der Waals surface area contributed by atoms with E-state index in [4.69, 9.17) is 4.74 Å². The van der Waals surface area contributed by atoms with Crippen LogP contribution in [0.5, 0.6) is 0 Å². The molecule has 1 aromatic rings. The van der Waals surface area contributed by atoms with Gasteiger partial charge in [0.2, 0.25) is 5.91 Å². The molecule has 0 spiro atoms. The number of carbonyl (C=O) groups is 1. The maximum absolute atomic E-state index is 13.1. The molecule has 3 saturated heterocycles. The zero-order valence-electron chi connectivity index (χ0n) is 15.8. The zero-order valence-corrected chi connectivity index (χ0v) is 15.8. The van der Waals surface area contributed by atoms with Gasteiger partial charge in [-0.05, 0) is 52.0 Å². The highest BCUT2D eigenvalue weighted by Gasteiger charge is 2.34. The molecule has 4 heterocycles. The van der Waals surface area contributed by atoms with Crippen molar-refractivity contribution in [2.75, 3.05) is 39.4 Å². The molecule has 144 valence electrons. The van der Waals surface area contributed by atoms with Gasteiger partial charge in [0.15, 0.2) is 5.82 Å². The van der Waals surface area contributed by atoms with Crippen LogP contribution in [0.25, 0.3) is 0 Å². The van der Waals surface area contributed by atoms with Gasteiger partial charge in [-0.1, -0.05) is 0 Å². The Balaban J connectivity index is 1.30. The lowest BCUT2D eigenvalue weighted by molar-refractivity contribution is -0.139. The second-order valence-electron chi connectivity index (χ2n) is 8.06. The molecule has 0 radical (unpaired) electrons. The van der Waals surface area contributed by atoms with Crippen LogP contribution in [0.15, 0.2) is 0 Å². The van der Waals surface area contributed by atoms with E-state index in [1.165, 1.54) is 0 Å². The number of hydrogen-bond donors (Lipinski definition) is 1. The summed E-state index contributed by atoms with van der Waals surface area (Å²) in [5.74, 6) is 2.71. The van der Waals surface area contributed by atoms with Crippen LogP contribution in [-0.4, -0.2) is 76.3 Å². The highest BCUT2D eigenvalue weighted by atomic mass is 16.5. The molecule has 0 unspecified atom stereocenters. The van der Waals surface area contributed by atoms with Crippen molar-refractivity contribution >= 4 is 5.91 Å². The molecule has 3 aliphatic heterocycles. The van der Waals surface area contributed by atoms with E-state index in [1.807, 2.05) is 6.92 Å². The minimum absolute atomic E-state index is 0.175. The molecule has 7 nitrogen and oxygen atoms in total. The fraction of sp³-hybridized carbons (Fsp3) is 0.842. The molecule has 0 aromatic carbocycles. The molecule has 0 aliphatic carbocycles. The predicted molar refractivity (Wildman–Crippen MR) is 97.8 cm³/mol. The molecule has 7 heteroatoms. The predicted octanol–water partition coefficient (Wildman–Crippen LogP) is 1.71. The van der Waals surface area contributed by atoms with Crippen LogP contribution in [0.3, 0.4) is 0 Å². The van der Waals surface area contributed by atoms with Crippen LogP contribution >= 0.6 is 0 Å². The largest absolute Gasteiger partial charge is 0.381 e. The summed E-state index contributed by atoms with van der Waals surface area (Å²) < 4.78 is 5.49. The first kappa shape index (κ1) is 17.9. The Labute approximate surface area is 155 Å². The van der Waals surface area contributed by atoms with Gasteiger partial charge < -0.3 is 9.64 Å². The highest BCUT2D eigenvalue weighted by Crippen LogP contribution is 2.29. The molecule has 0 bridgehead atoms. The van der Waals surface area contributed by atoms with E-state index in [-0.39, 0.29) is 5.92 Å². The van der Waals surface area contributed by atoms with E-state index in [0.29, 0.717) is 17.9 Å². The van der Waals surface area contributed by atoms with Crippen LogP contribution in [0.2, 0.25) is 0 Å². The fourth-order valence-electron chi connectivity index (χ4n) is 4.75. The first-order chi connectivity index (χ1) is 12.7. The number of aromatic nitrogens is 3. The van der Waals surface area contributed by atoms with Gasteiger partial charge in [0.1, 0.15) is 5.82 Å². The van der Waals surface area contributed by atoms with E-state index in [1.54, 1.807) is 0 Å². The third kappa shape index (κ3) is 3.93. The minimum Gasteiger partial charge on any atom is -0.381 e. The molecule has 1 aromatic heterocycles. The molecule has 3 aliphatic rings. The number of amides is 1. The van der Waals surface area contributed by atoms with Crippen molar-refractivity contribution in [1.29, 1.82) is 0 Å². The van der Waals surface area contributed by atoms with Crippen molar-refractivity contribution in [2.45, 2.75) is 57.4 Å². The molecule has 3 fully saturated rings. The van der Waals surface area contributed by atoms with Crippen molar-refractivity contribution in [3.05, 3.63) is 11.6 Å². The van der Waals surface area contributed by atoms with E-state index in [9.17, 15) is 4.79 Å². The summed E-state index contributed by atoms with van der Waals surface area (Å²) in [5.41, 5.74) is 0. The minimum atomic E-state index is 0.175. The lowest BCUT2D eigenvalue weighted by Crippen LogP contribution is -2.50. The summed E-state index contributed by atoms with van der Waals surface area (Å²) in [4.78, 5) is 22.2. The first-order valence-electron chi connectivity index (χ1n) is 10.2. The number of carbonyl (C=O) groups excluding carboxylic acids is 1. The van der Waals surface area contributed by atoms with E-state index in [0.717, 1.165) is 89.6 Å². The number of aryl methyl sites for hydroxylation is 1. The second-order valence-corrected chi connectivity index (χ2v) is 8.06. The van der Waals surface area contributed by atoms with Crippen molar-refractivity contribution in [2.24, 2.45) is 5.92 Å². The first-order valence-corrected chi connectivity index (χ1v) is 10.2. The molecule has 1 amide bonds. The lowest BCUT2D eigenvalue weighted by Gasteiger charge is -2.41. The average Bonchev–Trinajstić information content (AvgIpc) is 3.15. The Hall–Kier alpha value is -1.47. The van der Waals surface area contributed by atoms with Gasteiger partial charge in [0.25, 0.3) is 0 Å². The number of nitrogens with one attached hydrogen (secondary N) is 1. The Morgan fingerprint density at radius 1 is 1.12 bits per heavy atom. The molecule has 1 N–H and O–H groups in total. The lowest BCUT2D eigenvalue weighted by atomic mass is 9.91. The molecule has 4 rings (SSSR count). The quantitative estimate of drug-likeness (QED) is 0.887. The number of nitrogens with zero attached hydrogens (tertiary/aromatic N) is 4. The second kappa shape index (κ2) is 8.05. The third-order valence-corrected chi connectivity index (χ3v) is 6.30. The molecule has 26 heavy (non-hydrogen) atoms. The maximum Gasteiger partial charge on any atom is 0.226 e. The standard InChI is InChI=1S/C19H31N5O2/c1-14-20-18(22-21-14)15-4-9-23(10-5-15)19(25)16-3-2-8-24(13-16)17-6-11-26-12-7-17/h15-17H,2-13H2,1H3,(H,20,21,22)/t16-/m1/s1. The monoisotopic (exact) mass is 361 g/mol. The van der Waals surface area contributed by atoms with Crippen molar-refractivity contribution in [3.63, 3.8) is 0 Å². The van der Waals surface area contributed by atoms with Crippen LogP contribution in [-0.2, 0) is 9.53 Å². The smallest absolute Gasteiger partial charge is 0.226 e. The van der Waals surface area contributed by atoms with Gasteiger partial charge in [-0.3, -0.25) is 14.8 Å². The van der Waals surface area contributed by atoms with Crippen molar-refractivity contribution in [3.8, 4) is 0 Å². The van der Waals surface area contributed by atoms with E-state index < -0.39 is 0 Å². The number of likely N-dealkylation sites (tertiary alicyclic amines) is 2. The summed E-state index contributed by atoms with van der Waals surface area (Å²) in [7, 11) is 0. The summed E-state index contributed by atoms with van der Waals surface area (Å²) in [6.45, 7) is 7.42. The molecule has 1 atom stereocenters. The summed E-state index contributed by atoms with van der Waals surface area (Å²) >= 11 is 0. The number of H-pyrrole nitrogens is 1. The number of piperidine rings is 2. The summed E-state index contributed by atoms with van der Waals surface area (Å²) in [6.07, 6.45) is 6.35. The van der Waals surface area contributed by atoms with Crippen molar-refractivity contribution in [1.82, 2.24) is 25.0 Å². The van der Waals surface area contributed by atoms with Gasteiger partial charge in [0, 0.05) is 44.8 Å².